The summed E-state index contributed by atoms with van der Waals surface area (Å²) in [7, 11) is -3.28. The lowest BCUT2D eigenvalue weighted by atomic mass is 10.2. The van der Waals surface area contributed by atoms with Gasteiger partial charge in [0.15, 0.2) is 0 Å². The van der Waals surface area contributed by atoms with E-state index in [1.54, 1.807) is 12.1 Å². The standard InChI is InChI=1S/C15H21BrN2O3S/c1-22(20,21)18(14-4-2-3-5-14)11-10-15(19)17-13-8-6-12(16)7-9-13/h6-9,14H,2-5,10-11H2,1H3,(H,17,19). The first-order valence-electron chi connectivity index (χ1n) is 7.38. The Bertz CT molecular complexity index is 610. The average molecular weight is 389 g/mol. The first-order valence-corrected chi connectivity index (χ1v) is 10.0. The summed E-state index contributed by atoms with van der Waals surface area (Å²) in [5, 5.41) is 2.79. The van der Waals surface area contributed by atoms with Gasteiger partial charge in [0.05, 0.1) is 6.26 Å². The molecule has 2 rings (SSSR count). The molecule has 1 aliphatic carbocycles. The van der Waals surface area contributed by atoms with E-state index in [9.17, 15) is 13.2 Å². The highest BCUT2D eigenvalue weighted by atomic mass is 79.9. The van der Waals surface area contributed by atoms with Crippen LogP contribution in [0.3, 0.4) is 0 Å². The van der Waals surface area contributed by atoms with Crippen LogP contribution in [0.15, 0.2) is 28.7 Å². The first-order chi connectivity index (χ1) is 10.4. The van der Waals surface area contributed by atoms with Crippen LogP contribution in [0.2, 0.25) is 0 Å². The molecular weight excluding hydrogens is 368 g/mol. The Balaban J connectivity index is 1.91. The quantitative estimate of drug-likeness (QED) is 0.814. The molecule has 1 amide bonds. The van der Waals surface area contributed by atoms with E-state index in [1.165, 1.54) is 10.6 Å². The molecule has 1 saturated carbocycles. The molecule has 0 heterocycles. The van der Waals surface area contributed by atoms with Gasteiger partial charge in [-0.3, -0.25) is 4.79 Å². The Morgan fingerprint density at radius 3 is 2.41 bits per heavy atom. The van der Waals surface area contributed by atoms with Crippen LogP contribution in [0.5, 0.6) is 0 Å². The molecule has 0 atom stereocenters. The largest absolute Gasteiger partial charge is 0.326 e. The summed E-state index contributed by atoms with van der Waals surface area (Å²) in [6, 6.07) is 7.34. The Morgan fingerprint density at radius 2 is 1.86 bits per heavy atom. The minimum absolute atomic E-state index is 0.0514. The average Bonchev–Trinajstić information content (AvgIpc) is 2.94. The Hall–Kier alpha value is -0.920. The number of anilines is 1. The van der Waals surface area contributed by atoms with Crippen molar-refractivity contribution in [2.24, 2.45) is 0 Å². The van der Waals surface area contributed by atoms with Crippen molar-refractivity contribution in [2.45, 2.75) is 38.1 Å². The first kappa shape index (κ1) is 17.4. The number of hydrogen-bond donors (Lipinski definition) is 1. The molecular formula is C15H21BrN2O3S. The van der Waals surface area contributed by atoms with E-state index in [0.717, 1.165) is 30.2 Å². The molecule has 0 saturated heterocycles. The summed E-state index contributed by atoms with van der Waals surface area (Å²) in [6.45, 7) is 0.242. The van der Waals surface area contributed by atoms with Crippen LogP contribution >= 0.6 is 15.9 Å². The van der Waals surface area contributed by atoms with Crippen LogP contribution < -0.4 is 5.32 Å². The fourth-order valence-corrected chi connectivity index (χ4v) is 4.22. The van der Waals surface area contributed by atoms with E-state index >= 15 is 0 Å². The van der Waals surface area contributed by atoms with E-state index in [0.29, 0.717) is 5.69 Å². The number of benzene rings is 1. The van der Waals surface area contributed by atoms with Gasteiger partial charge in [-0.05, 0) is 37.1 Å². The number of halogens is 1. The molecule has 0 aromatic heterocycles. The van der Waals surface area contributed by atoms with Crippen molar-refractivity contribution in [3.63, 3.8) is 0 Å². The van der Waals surface area contributed by atoms with Crippen LogP contribution in [0, 0.1) is 0 Å². The minimum Gasteiger partial charge on any atom is -0.326 e. The summed E-state index contributed by atoms with van der Waals surface area (Å²) >= 11 is 3.33. The number of nitrogens with zero attached hydrogens (tertiary/aromatic N) is 1. The van der Waals surface area contributed by atoms with Crippen molar-refractivity contribution in [1.82, 2.24) is 4.31 Å². The van der Waals surface area contributed by atoms with E-state index < -0.39 is 10.0 Å². The summed E-state index contributed by atoms with van der Waals surface area (Å²) in [5.74, 6) is -0.172. The van der Waals surface area contributed by atoms with Crippen LogP contribution in [-0.4, -0.2) is 37.5 Å². The highest BCUT2D eigenvalue weighted by Crippen LogP contribution is 2.25. The lowest BCUT2D eigenvalue weighted by molar-refractivity contribution is -0.116. The summed E-state index contributed by atoms with van der Waals surface area (Å²) in [4.78, 5) is 12.0. The fourth-order valence-electron chi connectivity index (χ4n) is 2.78. The van der Waals surface area contributed by atoms with Gasteiger partial charge in [0.2, 0.25) is 15.9 Å². The molecule has 0 bridgehead atoms. The van der Waals surface area contributed by atoms with E-state index in [4.69, 9.17) is 0 Å². The molecule has 122 valence electrons. The summed E-state index contributed by atoms with van der Waals surface area (Å²) in [5.41, 5.74) is 0.708. The van der Waals surface area contributed by atoms with Crippen LogP contribution in [0.4, 0.5) is 5.69 Å². The third-order valence-electron chi connectivity index (χ3n) is 3.85. The second-order valence-electron chi connectivity index (χ2n) is 5.62. The Labute approximate surface area is 140 Å². The number of hydrogen-bond acceptors (Lipinski definition) is 3. The molecule has 0 spiro atoms. The normalized spacial score (nSPS) is 16.1. The number of carbonyl (C=O) groups is 1. The molecule has 5 nitrogen and oxygen atoms in total. The third-order valence-corrected chi connectivity index (χ3v) is 5.71. The highest BCUT2D eigenvalue weighted by Gasteiger charge is 2.29. The monoisotopic (exact) mass is 388 g/mol. The zero-order valence-electron chi connectivity index (χ0n) is 12.6. The van der Waals surface area contributed by atoms with E-state index in [2.05, 4.69) is 21.2 Å². The molecule has 0 unspecified atom stereocenters. The van der Waals surface area contributed by atoms with Gasteiger partial charge < -0.3 is 5.32 Å². The Morgan fingerprint density at radius 1 is 1.27 bits per heavy atom. The van der Waals surface area contributed by atoms with Crippen molar-refractivity contribution in [2.75, 3.05) is 18.1 Å². The topological polar surface area (TPSA) is 66.5 Å². The molecule has 1 aliphatic rings. The van der Waals surface area contributed by atoms with Gasteiger partial charge >= 0.3 is 0 Å². The molecule has 1 N–H and O–H groups in total. The maximum absolute atomic E-state index is 12.0. The predicted molar refractivity (Wildman–Crippen MR) is 91.2 cm³/mol. The van der Waals surface area contributed by atoms with Gasteiger partial charge in [0.1, 0.15) is 0 Å². The van der Waals surface area contributed by atoms with Gasteiger partial charge in [0, 0.05) is 29.2 Å². The zero-order valence-corrected chi connectivity index (χ0v) is 15.0. The van der Waals surface area contributed by atoms with Gasteiger partial charge in [0.25, 0.3) is 0 Å². The van der Waals surface area contributed by atoms with E-state index in [1.807, 2.05) is 12.1 Å². The van der Waals surface area contributed by atoms with Gasteiger partial charge in [-0.2, -0.15) is 4.31 Å². The van der Waals surface area contributed by atoms with Gasteiger partial charge in [-0.15, -0.1) is 0 Å². The minimum atomic E-state index is -3.28. The molecule has 22 heavy (non-hydrogen) atoms. The molecule has 0 aliphatic heterocycles. The second kappa shape index (κ2) is 7.57. The van der Waals surface area contributed by atoms with Crippen molar-refractivity contribution in [3.05, 3.63) is 28.7 Å². The molecule has 7 heteroatoms. The lowest BCUT2D eigenvalue weighted by Gasteiger charge is -2.26. The molecule has 1 fully saturated rings. The van der Waals surface area contributed by atoms with Crippen molar-refractivity contribution in [3.8, 4) is 0 Å². The highest BCUT2D eigenvalue weighted by molar-refractivity contribution is 9.10. The number of sulfonamides is 1. The molecule has 0 radical (unpaired) electrons. The zero-order chi connectivity index (χ0) is 16.2. The third kappa shape index (κ3) is 5.07. The number of carbonyl (C=O) groups excluding carboxylic acids is 1. The fraction of sp³-hybridized carbons (Fsp3) is 0.533. The summed E-state index contributed by atoms with van der Waals surface area (Å²) < 4.78 is 26.3. The maximum atomic E-state index is 12.0. The van der Waals surface area contributed by atoms with Crippen LogP contribution in [0.1, 0.15) is 32.1 Å². The van der Waals surface area contributed by atoms with Crippen molar-refractivity contribution in [1.29, 1.82) is 0 Å². The molecule has 1 aromatic carbocycles. The van der Waals surface area contributed by atoms with E-state index in [-0.39, 0.29) is 24.9 Å². The summed E-state index contributed by atoms with van der Waals surface area (Å²) in [6.07, 6.45) is 5.28. The van der Waals surface area contributed by atoms with Crippen molar-refractivity contribution >= 4 is 37.5 Å². The van der Waals surface area contributed by atoms with Crippen LogP contribution in [-0.2, 0) is 14.8 Å². The maximum Gasteiger partial charge on any atom is 0.225 e. The van der Waals surface area contributed by atoms with Crippen molar-refractivity contribution < 1.29 is 13.2 Å². The number of amides is 1. The smallest absolute Gasteiger partial charge is 0.225 e. The van der Waals surface area contributed by atoms with Gasteiger partial charge in [-0.25, -0.2) is 8.42 Å². The predicted octanol–water partition coefficient (Wildman–Crippen LogP) is 2.98. The number of rotatable bonds is 6. The SMILES string of the molecule is CS(=O)(=O)N(CCC(=O)Nc1ccc(Br)cc1)C1CCCC1. The molecule has 1 aromatic rings. The Kier molecular flexibility index (Phi) is 6.00. The van der Waals surface area contributed by atoms with Gasteiger partial charge in [-0.1, -0.05) is 28.8 Å². The second-order valence-corrected chi connectivity index (χ2v) is 8.47. The number of nitrogens with one attached hydrogen (secondary N) is 1. The lowest BCUT2D eigenvalue weighted by Crippen LogP contribution is -2.39. The van der Waals surface area contributed by atoms with Crippen LogP contribution in [0.25, 0.3) is 0 Å².